The molecule has 2 rings (SSSR count). The third-order valence-corrected chi connectivity index (χ3v) is 3.35. The highest BCUT2D eigenvalue weighted by Crippen LogP contribution is 2.31. The van der Waals surface area contributed by atoms with Crippen molar-refractivity contribution in [2.45, 2.75) is 12.8 Å². The standard InChI is InChI=1S/C18H15F5N2O4/c1-27-15-7-11(5-6-14(15)29-17(19)20)9-24-28-10-16(26)25-13-4-2-3-12(8-13)18(21,22)23/h2-9,17H,10H2,1H3,(H,25,26)/b24-9+. The number of benzene rings is 2. The Labute approximate surface area is 161 Å². The molecule has 0 aliphatic rings. The summed E-state index contributed by atoms with van der Waals surface area (Å²) in [5.74, 6) is -0.850. The molecule has 1 N–H and O–H groups in total. The van der Waals surface area contributed by atoms with Gasteiger partial charge in [-0.05, 0) is 36.4 Å². The summed E-state index contributed by atoms with van der Waals surface area (Å²) in [6, 6.07) is 8.12. The van der Waals surface area contributed by atoms with Crippen LogP contribution >= 0.6 is 0 Å². The molecule has 0 saturated carbocycles. The number of nitrogens with one attached hydrogen (secondary N) is 1. The van der Waals surface area contributed by atoms with Crippen molar-refractivity contribution in [3.05, 3.63) is 53.6 Å². The summed E-state index contributed by atoms with van der Waals surface area (Å²) in [5, 5.41) is 5.79. The van der Waals surface area contributed by atoms with Crippen LogP contribution in [0.3, 0.4) is 0 Å². The van der Waals surface area contributed by atoms with Gasteiger partial charge in [-0.1, -0.05) is 11.2 Å². The highest BCUT2D eigenvalue weighted by Gasteiger charge is 2.30. The van der Waals surface area contributed by atoms with Gasteiger partial charge in [0, 0.05) is 11.3 Å². The molecule has 0 bridgehead atoms. The fourth-order valence-electron chi connectivity index (χ4n) is 2.12. The minimum Gasteiger partial charge on any atom is -0.493 e. The minimum absolute atomic E-state index is 0.0385. The van der Waals surface area contributed by atoms with Gasteiger partial charge in [0.25, 0.3) is 5.91 Å². The summed E-state index contributed by atoms with van der Waals surface area (Å²) in [4.78, 5) is 16.5. The van der Waals surface area contributed by atoms with Gasteiger partial charge < -0.3 is 19.6 Å². The summed E-state index contributed by atoms with van der Waals surface area (Å²) >= 11 is 0. The first kappa shape index (κ1) is 21.9. The van der Waals surface area contributed by atoms with Gasteiger partial charge in [0.1, 0.15) is 0 Å². The van der Waals surface area contributed by atoms with Crippen LogP contribution in [0.4, 0.5) is 27.6 Å². The van der Waals surface area contributed by atoms with Crippen LogP contribution in [-0.2, 0) is 15.8 Å². The van der Waals surface area contributed by atoms with E-state index in [-0.39, 0.29) is 17.2 Å². The smallest absolute Gasteiger partial charge is 0.416 e. The maximum absolute atomic E-state index is 12.6. The van der Waals surface area contributed by atoms with E-state index >= 15 is 0 Å². The van der Waals surface area contributed by atoms with E-state index in [1.807, 2.05) is 0 Å². The summed E-state index contributed by atoms with van der Waals surface area (Å²) in [5.41, 5.74) is -0.541. The molecular formula is C18H15F5N2O4. The number of hydrogen-bond donors (Lipinski definition) is 1. The molecule has 0 aliphatic heterocycles. The number of oxime groups is 1. The second-order valence-electron chi connectivity index (χ2n) is 5.42. The quantitative estimate of drug-likeness (QED) is 0.394. The van der Waals surface area contributed by atoms with Crippen molar-refractivity contribution in [1.29, 1.82) is 0 Å². The van der Waals surface area contributed by atoms with Crippen molar-refractivity contribution in [2.24, 2.45) is 5.16 Å². The lowest BCUT2D eigenvalue weighted by Gasteiger charge is -2.10. The third kappa shape index (κ3) is 6.94. The van der Waals surface area contributed by atoms with E-state index < -0.39 is 30.9 Å². The van der Waals surface area contributed by atoms with Gasteiger partial charge in [0.05, 0.1) is 18.9 Å². The van der Waals surface area contributed by atoms with E-state index in [9.17, 15) is 26.7 Å². The number of rotatable bonds is 8. The molecule has 156 valence electrons. The van der Waals surface area contributed by atoms with Crippen molar-refractivity contribution in [1.82, 2.24) is 0 Å². The van der Waals surface area contributed by atoms with Crippen LogP contribution in [0.2, 0.25) is 0 Å². The number of methoxy groups -OCH3 is 1. The molecule has 2 aromatic carbocycles. The Kier molecular flexibility index (Phi) is 7.34. The van der Waals surface area contributed by atoms with Gasteiger partial charge in [-0.3, -0.25) is 4.79 Å². The number of ether oxygens (including phenoxy) is 2. The zero-order valence-corrected chi connectivity index (χ0v) is 14.9. The molecule has 0 heterocycles. The molecule has 0 atom stereocenters. The Morgan fingerprint density at radius 3 is 2.59 bits per heavy atom. The number of alkyl halides is 5. The van der Waals surface area contributed by atoms with Crippen molar-refractivity contribution in [2.75, 3.05) is 19.0 Å². The molecule has 11 heteroatoms. The van der Waals surface area contributed by atoms with Gasteiger partial charge in [-0.2, -0.15) is 22.0 Å². The van der Waals surface area contributed by atoms with Crippen LogP contribution in [-0.4, -0.2) is 32.4 Å². The largest absolute Gasteiger partial charge is 0.493 e. The van der Waals surface area contributed by atoms with Crippen LogP contribution in [0.5, 0.6) is 11.5 Å². The van der Waals surface area contributed by atoms with Crippen molar-refractivity contribution in [3.8, 4) is 11.5 Å². The Morgan fingerprint density at radius 1 is 1.17 bits per heavy atom. The van der Waals surface area contributed by atoms with E-state index in [0.717, 1.165) is 18.2 Å². The molecule has 0 unspecified atom stereocenters. The number of carbonyl (C=O) groups is 1. The average molecular weight is 418 g/mol. The molecular weight excluding hydrogens is 403 g/mol. The van der Waals surface area contributed by atoms with Crippen LogP contribution in [0.25, 0.3) is 0 Å². The molecule has 0 spiro atoms. The highest BCUT2D eigenvalue weighted by atomic mass is 19.4. The second kappa shape index (κ2) is 9.71. The number of halogens is 5. The molecule has 2 aromatic rings. The van der Waals surface area contributed by atoms with Crippen LogP contribution < -0.4 is 14.8 Å². The van der Waals surface area contributed by atoms with Crippen LogP contribution in [0, 0.1) is 0 Å². The molecule has 0 aliphatic carbocycles. The summed E-state index contributed by atoms with van der Waals surface area (Å²) in [6.45, 7) is -3.57. The van der Waals surface area contributed by atoms with E-state index in [2.05, 4.69) is 15.2 Å². The minimum atomic E-state index is -4.53. The third-order valence-electron chi connectivity index (χ3n) is 3.35. The Bertz CT molecular complexity index is 872. The lowest BCUT2D eigenvalue weighted by Crippen LogP contribution is -2.17. The van der Waals surface area contributed by atoms with Gasteiger partial charge >= 0.3 is 12.8 Å². The van der Waals surface area contributed by atoms with Crippen molar-refractivity contribution < 1.29 is 41.1 Å². The molecule has 0 aromatic heterocycles. The fraction of sp³-hybridized carbons (Fsp3) is 0.222. The zero-order valence-electron chi connectivity index (χ0n) is 14.9. The zero-order chi connectivity index (χ0) is 21.4. The molecule has 0 radical (unpaired) electrons. The molecule has 6 nitrogen and oxygen atoms in total. The first-order chi connectivity index (χ1) is 13.7. The van der Waals surface area contributed by atoms with E-state index in [0.29, 0.717) is 5.56 Å². The number of carbonyl (C=O) groups excluding carboxylic acids is 1. The SMILES string of the molecule is COc1cc(/C=N/OCC(=O)Nc2cccc(C(F)(F)F)c2)ccc1OC(F)F. The van der Waals surface area contributed by atoms with E-state index in [4.69, 9.17) is 9.57 Å². The highest BCUT2D eigenvalue weighted by molar-refractivity contribution is 5.91. The number of hydrogen-bond acceptors (Lipinski definition) is 5. The van der Waals surface area contributed by atoms with E-state index in [1.165, 1.54) is 37.6 Å². The summed E-state index contributed by atoms with van der Waals surface area (Å²) < 4.78 is 71.7. The maximum Gasteiger partial charge on any atom is 0.416 e. The van der Waals surface area contributed by atoms with Gasteiger partial charge in [0.15, 0.2) is 18.1 Å². The van der Waals surface area contributed by atoms with Gasteiger partial charge in [-0.25, -0.2) is 0 Å². The maximum atomic E-state index is 12.6. The van der Waals surface area contributed by atoms with E-state index in [1.54, 1.807) is 0 Å². The average Bonchev–Trinajstić information content (AvgIpc) is 2.65. The fourth-order valence-corrected chi connectivity index (χ4v) is 2.12. The Morgan fingerprint density at radius 2 is 1.93 bits per heavy atom. The number of nitrogens with zero attached hydrogens (tertiary/aromatic N) is 1. The first-order valence-corrected chi connectivity index (χ1v) is 7.94. The lowest BCUT2D eigenvalue weighted by molar-refractivity contribution is -0.137. The summed E-state index contributed by atoms with van der Waals surface area (Å²) in [6.07, 6.45) is -3.34. The van der Waals surface area contributed by atoms with Crippen LogP contribution in [0.15, 0.2) is 47.6 Å². The Balaban J connectivity index is 1.89. The predicted molar refractivity (Wildman–Crippen MR) is 93.2 cm³/mol. The van der Waals surface area contributed by atoms with Gasteiger partial charge in [-0.15, -0.1) is 0 Å². The first-order valence-electron chi connectivity index (χ1n) is 7.94. The molecule has 29 heavy (non-hydrogen) atoms. The Hall–Kier alpha value is -3.37. The normalized spacial score (nSPS) is 11.6. The number of amides is 1. The molecule has 1 amide bonds. The number of anilines is 1. The predicted octanol–water partition coefficient (Wildman–Crippen LogP) is 4.30. The second-order valence-corrected chi connectivity index (χ2v) is 5.42. The lowest BCUT2D eigenvalue weighted by atomic mass is 10.2. The van der Waals surface area contributed by atoms with Gasteiger partial charge in [0.2, 0.25) is 0 Å². The topological polar surface area (TPSA) is 69.2 Å². The molecule has 0 fully saturated rings. The van der Waals surface area contributed by atoms with Crippen LogP contribution in [0.1, 0.15) is 11.1 Å². The van der Waals surface area contributed by atoms with Crippen molar-refractivity contribution in [3.63, 3.8) is 0 Å². The monoisotopic (exact) mass is 418 g/mol. The summed E-state index contributed by atoms with van der Waals surface area (Å²) in [7, 11) is 1.27. The molecule has 0 saturated heterocycles. The van der Waals surface area contributed by atoms with Crippen molar-refractivity contribution >= 4 is 17.8 Å².